The number of anilines is 1. The van der Waals surface area contributed by atoms with Crippen molar-refractivity contribution in [2.45, 2.75) is 19.8 Å². The summed E-state index contributed by atoms with van der Waals surface area (Å²) in [4.78, 5) is 12.0. The van der Waals surface area contributed by atoms with E-state index >= 15 is 0 Å². The molecule has 0 atom stereocenters. The van der Waals surface area contributed by atoms with Crippen LogP contribution in [0.25, 0.3) is 0 Å². The summed E-state index contributed by atoms with van der Waals surface area (Å²) in [6.07, 6.45) is 1.11. The number of aryl methyl sites for hydroxylation is 2. The molecule has 0 aliphatic carbocycles. The zero-order valence-corrected chi connectivity index (χ0v) is 12.6. The minimum absolute atomic E-state index is 0.0127. The number of fused-ring (bicyclic) bond motifs is 1. The number of hydrogen-bond acceptors (Lipinski definition) is 3. The first-order valence-corrected chi connectivity index (χ1v) is 7.46. The van der Waals surface area contributed by atoms with Crippen molar-refractivity contribution >= 4 is 11.6 Å². The molecule has 0 radical (unpaired) electrons. The number of rotatable bonds is 4. The van der Waals surface area contributed by atoms with E-state index in [2.05, 4.69) is 5.32 Å². The van der Waals surface area contributed by atoms with Crippen molar-refractivity contribution in [3.63, 3.8) is 0 Å². The van der Waals surface area contributed by atoms with Crippen molar-refractivity contribution in [1.82, 2.24) is 0 Å². The van der Waals surface area contributed by atoms with Crippen LogP contribution in [0.5, 0.6) is 11.5 Å². The molecule has 3 rings (SSSR count). The van der Waals surface area contributed by atoms with Gasteiger partial charge in [0.25, 0.3) is 0 Å². The van der Waals surface area contributed by atoms with Gasteiger partial charge < -0.3 is 14.8 Å². The Hall–Kier alpha value is -2.49. The highest BCUT2D eigenvalue weighted by Crippen LogP contribution is 2.31. The largest absolute Gasteiger partial charge is 0.486 e. The molecule has 2 aromatic rings. The molecule has 1 heterocycles. The van der Waals surface area contributed by atoms with Crippen molar-refractivity contribution in [1.29, 1.82) is 0 Å². The van der Waals surface area contributed by atoms with Crippen LogP contribution in [-0.4, -0.2) is 19.1 Å². The second-order valence-electron chi connectivity index (χ2n) is 5.39. The molecule has 114 valence electrons. The maximum atomic E-state index is 12.0. The molecule has 0 spiro atoms. The fourth-order valence-corrected chi connectivity index (χ4v) is 2.36. The number of carbonyl (C=O) groups excluding carboxylic acids is 1. The van der Waals surface area contributed by atoms with Crippen molar-refractivity contribution < 1.29 is 14.3 Å². The Morgan fingerprint density at radius 3 is 2.55 bits per heavy atom. The average Bonchev–Trinajstić information content (AvgIpc) is 2.55. The van der Waals surface area contributed by atoms with E-state index in [9.17, 15) is 4.79 Å². The Kier molecular flexibility index (Phi) is 4.28. The minimum atomic E-state index is 0.0127. The number of nitrogens with one attached hydrogen (secondary N) is 1. The van der Waals surface area contributed by atoms with Gasteiger partial charge >= 0.3 is 0 Å². The molecule has 0 saturated carbocycles. The standard InChI is InChI=1S/C18H19NO3/c1-13-2-6-15(7-3-13)19-18(20)9-5-14-4-8-16-17(12-14)22-11-10-21-16/h2-4,6-8,12H,5,9-11H2,1H3,(H,19,20). The van der Waals surface area contributed by atoms with Gasteiger partial charge in [-0.15, -0.1) is 0 Å². The lowest BCUT2D eigenvalue weighted by molar-refractivity contribution is -0.116. The van der Waals surface area contributed by atoms with E-state index < -0.39 is 0 Å². The summed E-state index contributed by atoms with van der Waals surface area (Å²) >= 11 is 0. The van der Waals surface area contributed by atoms with Crippen molar-refractivity contribution in [2.75, 3.05) is 18.5 Å². The lowest BCUT2D eigenvalue weighted by Gasteiger charge is -2.18. The second-order valence-corrected chi connectivity index (χ2v) is 5.39. The zero-order valence-electron chi connectivity index (χ0n) is 12.6. The molecular formula is C18H19NO3. The predicted molar refractivity (Wildman–Crippen MR) is 85.6 cm³/mol. The SMILES string of the molecule is Cc1ccc(NC(=O)CCc2ccc3c(c2)OCCO3)cc1. The van der Waals surface area contributed by atoms with Gasteiger partial charge in [-0.05, 0) is 43.2 Å². The summed E-state index contributed by atoms with van der Waals surface area (Å²) in [5.41, 5.74) is 3.08. The molecule has 0 saturated heterocycles. The highest BCUT2D eigenvalue weighted by molar-refractivity contribution is 5.90. The van der Waals surface area contributed by atoms with Gasteiger partial charge in [-0.2, -0.15) is 0 Å². The lowest BCUT2D eigenvalue weighted by atomic mass is 10.1. The fourth-order valence-electron chi connectivity index (χ4n) is 2.36. The number of hydrogen-bond donors (Lipinski definition) is 1. The van der Waals surface area contributed by atoms with Crippen LogP contribution in [-0.2, 0) is 11.2 Å². The monoisotopic (exact) mass is 297 g/mol. The van der Waals surface area contributed by atoms with E-state index in [0.717, 1.165) is 22.7 Å². The number of ether oxygens (including phenoxy) is 2. The van der Waals surface area contributed by atoms with Gasteiger partial charge in [-0.25, -0.2) is 0 Å². The third-order valence-electron chi connectivity index (χ3n) is 3.58. The molecule has 2 aromatic carbocycles. The summed E-state index contributed by atoms with van der Waals surface area (Å²) in [5, 5.41) is 2.91. The molecule has 0 aromatic heterocycles. The van der Waals surface area contributed by atoms with Crippen LogP contribution in [0.2, 0.25) is 0 Å². The molecule has 1 N–H and O–H groups in total. The average molecular weight is 297 g/mol. The van der Waals surface area contributed by atoms with Crippen molar-refractivity contribution in [3.05, 3.63) is 53.6 Å². The molecule has 1 amide bonds. The molecule has 4 heteroatoms. The Bertz CT molecular complexity index is 665. The molecule has 22 heavy (non-hydrogen) atoms. The summed E-state index contributed by atoms with van der Waals surface area (Å²) in [7, 11) is 0. The van der Waals surface area contributed by atoms with E-state index in [0.29, 0.717) is 26.1 Å². The van der Waals surface area contributed by atoms with Crippen LogP contribution in [0.3, 0.4) is 0 Å². The van der Waals surface area contributed by atoms with E-state index in [-0.39, 0.29) is 5.91 Å². The first-order valence-electron chi connectivity index (χ1n) is 7.46. The van der Waals surface area contributed by atoms with Gasteiger partial charge in [0.15, 0.2) is 11.5 Å². The number of benzene rings is 2. The Balaban J connectivity index is 1.55. The quantitative estimate of drug-likeness (QED) is 0.941. The van der Waals surface area contributed by atoms with E-state index in [1.165, 1.54) is 5.56 Å². The zero-order chi connectivity index (χ0) is 15.4. The Morgan fingerprint density at radius 1 is 1.05 bits per heavy atom. The molecular weight excluding hydrogens is 278 g/mol. The third kappa shape index (κ3) is 3.58. The highest BCUT2D eigenvalue weighted by atomic mass is 16.6. The maximum Gasteiger partial charge on any atom is 0.224 e. The van der Waals surface area contributed by atoms with Crippen LogP contribution in [0.1, 0.15) is 17.5 Å². The molecule has 4 nitrogen and oxygen atoms in total. The van der Waals surface area contributed by atoms with Gasteiger partial charge in [-0.1, -0.05) is 23.8 Å². The summed E-state index contributed by atoms with van der Waals surface area (Å²) in [5.74, 6) is 1.56. The van der Waals surface area contributed by atoms with E-state index in [1.54, 1.807) is 0 Å². The first kappa shape index (κ1) is 14.4. The van der Waals surface area contributed by atoms with Gasteiger partial charge in [0.1, 0.15) is 13.2 Å². The summed E-state index contributed by atoms with van der Waals surface area (Å²) in [6.45, 7) is 3.18. The van der Waals surface area contributed by atoms with Crippen molar-refractivity contribution in [2.24, 2.45) is 0 Å². The summed E-state index contributed by atoms with van der Waals surface area (Å²) in [6, 6.07) is 13.6. The fraction of sp³-hybridized carbons (Fsp3) is 0.278. The first-order chi connectivity index (χ1) is 10.7. The van der Waals surface area contributed by atoms with Gasteiger partial charge in [0.05, 0.1) is 0 Å². The molecule has 1 aliphatic heterocycles. The van der Waals surface area contributed by atoms with Crippen LogP contribution in [0.15, 0.2) is 42.5 Å². The van der Waals surface area contributed by atoms with Crippen LogP contribution in [0, 0.1) is 6.92 Å². The van der Waals surface area contributed by atoms with Crippen LogP contribution < -0.4 is 14.8 Å². The normalized spacial score (nSPS) is 12.8. The van der Waals surface area contributed by atoms with Crippen LogP contribution >= 0.6 is 0 Å². The number of carbonyl (C=O) groups is 1. The smallest absolute Gasteiger partial charge is 0.224 e. The maximum absolute atomic E-state index is 12.0. The number of amides is 1. The van der Waals surface area contributed by atoms with E-state index in [4.69, 9.17) is 9.47 Å². The molecule has 0 bridgehead atoms. The van der Waals surface area contributed by atoms with Gasteiger partial charge in [0, 0.05) is 12.1 Å². The van der Waals surface area contributed by atoms with Crippen LogP contribution in [0.4, 0.5) is 5.69 Å². The van der Waals surface area contributed by atoms with Gasteiger partial charge in [-0.3, -0.25) is 4.79 Å². The minimum Gasteiger partial charge on any atom is -0.486 e. The second kappa shape index (κ2) is 6.52. The molecule has 1 aliphatic rings. The third-order valence-corrected chi connectivity index (χ3v) is 3.58. The van der Waals surface area contributed by atoms with Crippen molar-refractivity contribution in [3.8, 4) is 11.5 Å². The molecule has 0 fully saturated rings. The van der Waals surface area contributed by atoms with E-state index in [1.807, 2.05) is 49.4 Å². The Morgan fingerprint density at radius 2 is 1.77 bits per heavy atom. The topological polar surface area (TPSA) is 47.6 Å². The summed E-state index contributed by atoms with van der Waals surface area (Å²) < 4.78 is 11.0. The lowest BCUT2D eigenvalue weighted by Crippen LogP contribution is -2.15. The molecule has 0 unspecified atom stereocenters. The van der Waals surface area contributed by atoms with Gasteiger partial charge in [0.2, 0.25) is 5.91 Å². The Labute approximate surface area is 130 Å². The predicted octanol–water partition coefficient (Wildman–Crippen LogP) is 3.34. The highest BCUT2D eigenvalue weighted by Gasteiger charge is 2.12.